The van der Waals surface area contributed by atoms with Crippen LogP contribution in [-0.2, 0) is 9.53 Å². The van der Waals surface area contributed by atoms with Gasteiger partial charge in [-0.3, -0.25) is 4.79 Å². The van der Waals surface area contributed by atoms with Gasteiger partial charge in [0.15, 0.2) is 0 Å². The monoisotopic (exact) mass is 281 g/mol. The van der Waals surface area contributed by atoms with E-state index < -0.39 is 0 Å². The summed E-state index contributed by atoms with van der Waals surface area (Å²) in [6, 6.07) is 4.77. The van der Waals surface area contributed by atoms with Crippen molar-refractivity contribution in [1.29, 1.82) is 0 Å². The lowest BCUT2D eigenvalue weighted by Gasteiger charge is -2.40. The van der Waals surface area contributed by atoms with Gasteiger partial charge in [-0.1, -0.05) is 19.9 Å². The number of nitrogens with one attached hydrogen (secondary N) is 1. The molecule has 1 aromatic heterocycles. The van der Waals surface area contributed by atoms with E-state index >= 15 is 0 Å². The van der Waals surface area contributed by atoms with Crippen molar-refractivity contribution in [1.82, 2.24) is 5.32 Å². The van der Waals surface area contributed by atoms with Crippen molar-refractivity contribution in [2.24, 2.45) is 11.8 Å². The Morgan fingerprint density at radius 3 is 2.79 bits per heavy atom. The van der Waals surface area contributed by atoms with Crippen LogP contribution in [0.15, 0.2) is 17.5 Å². The van der Waals surface area contributed by atoms with E-state index in [0.29, 0.717) is 12.5 Å². The predicted octanol–water partition coefficient (Wildman–Crippen LogP) is 3.38. The summed E-state index contributed by atoms with van der Waals surface area (Å²) in [7, 11) is 1.45. The van der Waals surface area contributed by atoms with Gasteiger partial charge in [0.2, 0.25) is 0 Å². The number of carbonyl (C=O) groups is 1. The van der Waals surface area contributed by atoms with E-state index in [1.807, 2.05) is 6.07 Å². The summed E-state index contributed by atoms with van der Waals surface area (Å²) >= 11 is 1.70. The quantitative estimate of drug-likeness (QED) is 0.812. The Labute approximate surface area is 119 Å². The van der Waals surface area contributed by atoms with Crippen LogP contribution >= 0.6 is 11.3 Å². The highest BCUT2D eigenvalue weighted by Crippen LogP contribution is 2.36. The summed E-state index contributed by atoms with van der Waals surface area (Å²) in [6.07, 6.45) is 2.86. The van der Waals surface area contributed by atoms with Crippen molar-refractivity contribution in [3.63, 3.8) is 0 Å². The molecule has 0 saturated heterocycles. The summed E-state index contributed by atoms with van der Waals surface area (Å²) in [5, 5.41) is 5.67. The largest absolute Gasteiger partial charge is 0.469 e. The molecular weight excluding hydrogens is 258 g/mol. The summed E-state index contributed by atoms with van der Waals surface area (Å²) in [6.45, 7) is 4.57. The van der Waals surface area contributed by atoms with Gasteiger partial charge in [0, 0.05) is 10.9 Å². The predicted molar refractivity (Wildman–Crippen MR) is 78.2 cm³/mol. The van der Waals surface area contributed by atoms with Crippen LogP contribution < -0.4 is 5.32 Å². The van der Waals surface area contributed by atoms with E-state index in [0.717, 1.165) is 11.8 Å². The van der Waals surface area contributed by atoms with E-state index in [-0.39, 0.29) is 12.0 Å². The Kier molecular flexibility index (Phi) is 4.99. The number of hydrogen-bond acceptors (Lipinski definition) is 4. The fourth-order valence-corrected chi connectivity index (χ4v) is 3.40. The number of esters is 1. The van der Waals surface area contributed by atoms with Crippen LogP contribution in [0.25, 0.3) is 0 Å². The smallest absolute Gasteiger partial charge is 0.307 e. The number of carbonyl (C=O) groups excluding carboxylic acids is 1. The maximum atomic E-state index is 11.5. The van der Waals surface area contributed by atoms with E-state index in [4.69, 9.17) is 4.74 Å². The molecule has 19 heavy (non-hydrogen) atoms. The molecule has 0 spiro atoms. The number of methoxy groups -OCH3 is 1. The second-order valence-electron chi connectivity index (χ2n) is 5.69. The van der Waals surface area contributed by atoms with Crippen molar-refractivity contribution < 1.29 is 9.53 Å². The molecule has 1 heterocycles. The average Bonchev–Trinajstić information content (AvgIpc) is 2.84. The molecule has 1 aliphatic carbocycles. The lowest BCUT2D eigenvalue weighted by Crippen LogP contribution is -2.44. The molecule has 4 heteroatoms. The van der Waals surface area contributed by atoms with Gasteiger partial charge in [0.05, 0.1) is 19.6 Å². The topological polar surface area (TPSA) is 38.3 Å². The lowest BCUT2D eigenvalue weighted by atomic mass is 9.73. The fourth-order valence-electron chi connectivity index (χ4n) is 2.61. The third-order valence-electron chi connectivity index (χ3n) is 4.04. The van der Waals surface area contributed by atoms with Crippen molar-refractivity contribution in [2.45, 2.75) is 45.2 Å². The van der Waals surface area contributed by atoms with E-state index in [1.165, 1.54) is 24.8 Å². The Bertz CT molecular complexity index is 396. The van der Waals surface area contributed by atoms with Crippen LogP contribution in [0.3, 0.4) is 0 Å². The fraction of sp³-hybridized carbons (Fsp3) is 0.667. The highest BCUT2D eigenvalue weighted by atomic mass is 32.1. The second-order valence-corrected chi connectivity index (χ2v) is 6.67. The Morgan fingerprint density at radius 2 is 2.26 bits per heavy atom. The van der Waals surface area contributed by atoms with Gasteiger partial charge in [-0.25, -0.2) is 0 Å². The Balaban J connectivity index is 1.90. The molecule has 0 bridgehead atoms. The summed E-state index contributed by atoms with van der Waals surface area (Å²) in [5.41, 5.74) is 0. The molecule has 0 aromatic carbocycles. The van der Waals surface area contributed by atoms with Crippen LogP contribution in [0.1, 0.15) is 44.0 Å². The molecule has 2 rings (SSSR count). The van der Waals surface area contributed by atoms with Crippen LogP contribution in [0.2, 0.25) is 0 Å². The molecular formula is C15H23NO2S. The van der Waals surface area contributed by atoms with E-state index in [1.54, 1.807) is 11.3 Å². The first kappa shape index (κ1) is 14.5. The van der Waals surface area contributed by atoms with Crippen molar-refractivity contribution in [3.8, 4) is 0 Å². The zero-order valence-corrected chi connectivity index (χ0v) is 12.7. The molecule has 106 valence electrons. The standard InChI is InChI=1S/C15H23NO2S/c1-10(2)11-7-12(8-11)16-13(9-15(17)18-3)14-5-4-6-19-14/h4-6,10-13,16H,7-9H2,1-3H3. The molecule has 0 radical (unpaired) electrons. The minimum absolute atomic E-state index is 0.102. The van der Waals surface area contributed by atoms with Crippen molar-refractivity contribution in [2.75, 3.05) is 7.11 Å². The second kappa shape index (κ2) is 6.53. The highest BCUT2D eigenvalue weighted by molar-refractivity contribution is 7.10. The first-order valence-corrected chi connectivity index (χ1v) is 7.84. The van der Waals surface area contributed by atoms with Gasteiger partial charge in [-0.15, -0.1) is 11.3 Å². The van der Waals surface area contributed by atoms with Crippen molar-refractivity contribution >= 4 is 17.3 Å². The lowest BCUT2D eigenvalue weighted by molar-refractivity contribution is -0.141. The summed E-state index contributed by atoms with van der Waals surface area (Å²) in [4.78, 5) is 12.7. The number of thiophene rings is 1. The number of hydrogen-bond donors (Lipinski definition) is 1. The molecule has 1 aliphatic rings. The Hall–Kier alpha value is -0.870. The van der Waals surface area contributed by atoms with Gasteiger partial charge in [-0.05, 0) is 36.1 Å². The average molecular weight is 281 g/mol. The molecule has 1 N–H and O–H groups in total. The van der Waals surface area contributed by atoms with Crippen LogP contribution in [-0.4, -0.2) is 19.1 Å². The maximum Gasteiger partial charge on any atom is 0.307 e. The zero-order chi connectivity index (χ0) is 13.8. The maximum absolute atomic E-state index is 11.5. The Morgan fingerprint density at radius 1 is 1.53 bits per heavy atom. The number of ether oxygens (including phenoxy) is 1. The molecule has 1 fully saturated rings. The van der Waals surface area contributed by atoms with E-state index in [2.05, 4.69) is 30.6 Å². The first-order valence-electron chi connectivity index (χ1n) is 6.96. The normalized spacial score (nSPS) is 24.0. The minimum atomic E-state index is -0.148. The van der Waals surface area contributed by atoms with Gasteiger partial charge >= 0.3 is 5.97 Å². The van der Waals surface area contributed by atoms with Gasteiger partial charge < -0.3 is 10.1 Å². The minimum Gasteiger partial charge on any atom is -0.469 e. The molecule has 1 unspecified atom stereocenters. The summed E-state index contributed by atoms with van der Waals surface area (Å²) < 4.78 is 4.80. The highest BCUT2D eigenvalue weighted by Gasteiger charge is 2.33. The molecule has 3 nitrogen and oxygen atoms in total. The van der Waals surface area contributed by atoms with Crippen LogP contribution in [0.5, 0.6) is 0 Å². The molecule has 1 aromatic rings. The molecule has 1 saturated carbocycles. The molecule has 1 atom stereocenters. The zero-order valence-electron chi connectivity index (χ0n) is 11.9. The van der Waals surface area contributed by atoms with E-state index in [9.17, 15) is 4.79 Å². The number of rotatable bonds is 6. The first-order chi connectivity index (χ1) is 9.10. The third-order valence-corrected chi connectivity index (χ3v) is 5.03. The van der Waals surface area contributed by atoms with Gasteiger partial charge in [0.25, 0.3) is 0 Å². The SMILES string of the molecule is COC(=O)CC(NC1CC(C(C)C)C1)c1cccs1. The summed E-state index contributed by atoms with van der Waals surface area (Å²) in [5.74, 6) is 1.45. The third kappa shape index (κ3) is 3.80. The van der Waals surface area contributed by atoms with Crippen molar-refractivity contribution in [3.05, 3.63) is 22.4 Å². The van der Waals surface area contributed by atoms with Crippen LogP contribution in [0, 0.1) is 11.8 Å². The van der Waals surface area contributed by atoms with Gasteiger partial charge in [0.1, 0.15) is 0 Å². The van der Waals surface area contributed by atoms with Crippen LogP contribution in [0.4, 0.5) is 0 Å². The molecule has 0 aliphatic heterocycles. The molecule has 0 amide bonds. The van der Waals surface area contributed by atoms with Gasteiger partial charge in [-0.2, -0.15) is 0 Å².